The van der Waals surface area contributed by atoms with E-state index in [1.807, 2.05) is 18.2 Å². The molecule has 2 aliphatic heterocycles. The summed E-state index contributed by atoms with van der Waals surface area (Å²) in [6.45, 7) is 9.60. The molecule has 9 heteroatoms. The Balaban J connectivity index is 1.19. The van der Waals surface area contributed by atoms with Gasteiger partial charge in [-0.25, -0.2) is 9.78 Å². The van der Waals surface area contributed by atoms with Crippen molar-refractivity contribution in [2.75, 3.05) is 46.4 Å². The number of hydroxylamine groups is 2. The van der Waals surface area contributed by atoms with E-state index < -0.39 is 6.16 Å². The molecule has 2 aromatic rings. The number of aromatic nitrogens is 2. The fraction of sp³-hybridized carbons (Fsp3) is 0.640. The van der Waals surface area contributed by atoms with Crippen LogP contribution < -0.4 is 5.32 Å². The Kier molecular flexibility index (Phi) is 8.05. The van der Waals surface area contributed by atoms with Gasteiger partial charge in [0.1, 0.15) is 11.3 Å². The van der Waals surface area contributed by atoms with Crippen LogP contribution in [0.1, 0.15) is 61.6 Å². The van der Waals surface area contributed by atoms with Gasteiger partial charge in [0.25, 0.3) is 5.91 Å². The molecule has 1 amide bonds. The number of nitrogens with one attached hydrogen (secondary N) is 2. The third-order valence-electron chi connectivity index (χ3n) is 7.04. The number of H-pyrrole nitrogens is 1. The van der Waals surface area contributed by atoms with Crippen LogP contribution in [0.2, 0.25) is 0 Å². The molecule has 1 aromatic carbocycles. The molecular weight excluding hydrogens is 434 g/mol. The van der Waals surface area contributed by atoms with Crippen LogP contribution in [-0.2, 0) is 9.57 Å². The fourth-order valence-corrected chi connectivity index (χ4v) is 4.90. The minimum Gasteiger partial charge on any atom is -0.436 e. The Bertz CT molecular complexity index is 975. The van der Waals surface area contributed by atoms with Gasteiger partial charge in [0.15, 0.2) is 0 Å². The standard InChI is InChI=1S/C25H37N5O4/c1-17(2)23-27-21-6-4-5-20(22(21)28-23)24(31)26-15-18-7-11-29(12-8-18)16-19-9-13-30(14-10-19)34-25(32)33-3/h4-6,17-19H,7-16H2,1-3H3,(H,26,31)(H,27,28). The van der Waals surface area contributed by atoms with Crippen molar-refractivity contribution in [1.29, 1.82) is 0 Å². The highest BCUT2D eigenvalue weighted by atomic mass is 16.8. The predicted molar refractivity (Wildman–Crippen MR) is 129 cm³/mol. The number of nitrogens with zero attached hydrogens (tertiary/aromatic N) is 3. The normalized spacial score (nSPS) is 18.9. The van der Waals surface area contributed by atoms with Crippen molar-refractivity contribution < 1.29 is 19.2 Å². The second-order valence-electron chi connectivity index (χ2n) is 9.85. The van der Waals surface area contributed by atoms with E-state index in [9.17, 15) is 9.59 Å². The van der Waals surface area contributed by atoms with Gasteiger partial charge in [-0.1, -0.05) is 19.9 Å². The summed E-state index contributed by atoms with van der Waals surface area (Å²) in [6.07, 6.45) is 3.58. The van der Waals surface area contributed by atoms with Crippen LogP contribution in [0.15, 0.2) is 18.2 Å². The van der Waals surface area contributed by atoms with Gasteiger partial charge in [0, 0.05) is 32.1 Å². The molecule has 0 atom stereocenters. The van der Waals surface area contributed by atoms with Gasteiger partial charge < -0.3 is 24.8 Å². The molecule has 0 unspecified atom stereocenters. The minimum absolute atomic E-state index is 0.0456. The number of benzene rings is 1. The van der Waals surface area contributed by atoms with Gasteiger partial charge in [-0.2, -0.15) is 0 Å². The Morgan fingerprint density at radius 1 is 1.12 bits per heavy atom. The molecule has 4 rings (SSSR count). The maximum Gasteiger partial charge on any atom is 0.527 e. The summed E-state index contributed by atoms with van der Waals surface area (Å²) in [7, 11) is 1.33. The summed E-state index contributed by atoms with van der Waals surface area (Å²) in [5.41, 5.74) is 2.30. The average Bonchev–Trinajstić information content (AvgIpc) is 3.29. The van der Waals surface area contributed by atoms with Crippen LogP contribution in [-0.4, -0.2) is 78.4 Å². The number of carbonyl (C=O) groups is 2. The summed E-state index contributed by atoms with van der Waals surface area (Å²) in [4.78, 5) is 39.8. The third kappa shape index (κ3) is 6.07. The Morgan fingerprint density at radius 2 is 1.82 bits per heavy atom. The highest BCUT2D eigenvalue weighted by Crippen LogP contribution is 2.24. The van der Waals surface area contributed by atoms with Crippen molar-refractivity contribution >= 4 is 23.1 Å². The Hall–Kier alpha value is -2.65. The largest absolute Gasteiger partial charge is 0.527 e. The van der Waals surface area contributed by atoms with Crippen LogP contribution >= 0.6 is 0 Å². The molecule has 2 fully saturated rings. The molecule has 0 aliphatic carbocycles. The number of imidazole rings is 1. The maximum atomic E-state index is 12.9. The molecule has 0 radical (unpaired) electrons. The average molecular weight is 472 g/mol. The number of aromatic amines is 1. The van der Waals surface area contributed by atoms with Crippen LogP contribution in [0.4, 0.5) is 4.79 Å². The van der Waals surface area contributed by atoms with Crippen molar-refractivity contribution in [3.63, 3.8) is 0 Å². The van der Waals surface area contributed by atoms with Crippen molar-refractivity contribution in [3.8, 4) is 0 Å². The van der Waals surface area contributed by atoms with E-state index in [2.05, 4.69) is 38.8 Å². The second-order valence-corrected chi connectivity index (χ2v) is 9.85. The number of hydrogen-bond donors (Lipinski definition) is 2. The van der Waals surface area contributed by atoms with Gasteiger partial charge in [0.05, 0.1) is 18.2 Å². The highest BCUT2D eigenvalue weighted by Gasteiger charge is 2.26. The van der Waals surface area contributed by atoms with Crippen LogP contribution in [0.25, 0.3) is 11.0 Å². The lowest BCUT2D eigenvalue weighted by Crippen LogP contribution is -2.43. The molecular formula is C25H37N5O4. The highest BCUT2D eigenvalue weighted by molar-refractivity contribution is 6.04. The number of likely N-dealkylation sites (tertiary alicyclic amines) is 1. The summed E-state index contributed by atoms with van der Waals surface area (Å²) in [5.74, 6) is 2.27. The smallest absolute Gasteiger partial charge is 0.436 e. The zero-order chi connectivity index (χ0) is 24.1. The first-order chi connectivity index (χ1) is 16.4. The lowest BCUT2D eigenvalue weighted by molar-refractivity contribution is -0.140. The van der Waals surface area contributed by atoms with E-state index in [4.69, 9.17) is 4.84 Å². The first-order valence-electron chi connectivity index (χ1n) is 12.4. The van der Waals surface area contributed by atoms with Crippen molar-refractivity contribution in [2.45, 2.75) is 45.4 Å². The maximum absolute atomic E-state index is 12.9. The van der Waals surface area contributed by atoms with Gasteiger partial charge >= 0.3 is 6.16 Å². The lowest BCUT2D eigenvalue weighted by atomic mass is 9.93. The molecule has 0 spiro atoms. The number of para-hydroxylation sites is 1. The molecule has 3 heterocycles. The van der Waals surface area contributed by atoms with E-state index in [1.54, 1.807) is 5.06 Å². The van der Waals surface area contributed by atoms with E-state index in [0.29, 0.717) is 23.9 Å². The first-order valence-corrected chi connectivity index (χ1v) is 12.4. The summed E-state index contributed by atoms with van der Waals surface area (Å²) < 4.78 is 4.56. The monoisotopic (exact) mass is 471 g/mol. The number of carbonyl (C=O) groups excluding carboxylic acids is 2. The molecule has 2 aliphatic rings. The molecule has 1 aromatic heterocycles. The molecule has 0 saturated carbocycles. The van der Waals surface area contributed by atoms with Crippen LogP contribution in [0.5, 0.6) is 0 Å². The van der Waals surface area contributed by atoms with E-state index in [-0.39, 0.29) is 11.8 Å². The molecule has 34 heavy (non-hydrogen) atoms. The summed E-state index contributed by atoms with van der Waals surface area (Å²) in [5, 5.41) is 4.85. The number of rotatable bonds is 7. The van der Waals surface area contributed by atoms with Gasteiger partial charge in [0.2, 0.25) is 0 Å². The van der Waals surface area contributed by atoms with Gasteiger partial charge in [-0.3, -0.25) is 4.79 Å². The number of hydrogen-bond acceptors (Lipinski definition) is 7. The van der Waals surface area contributed by atoms with Crippen molar-refractivity contribution in [3.05, 3.63) is 29.6 Å². The third-order valence-corrected chi connectivity index (χ3v) is 7.04. The molecule has 2 saturated heterocycles. The number of methoxy groups -OCH3 is 1. The van der Waals surface area contributed by atoms with Gasteiger partial charge in [-0.05, 0) is 62.7 Å². The number of piperidine rings is 2. The SMILES string of the molecule is COC(=O)ON1CCC(CN2CCC(CNC(=O)c3cccc4[nH]c(C(C)C)nc34)CC2)CC1. The molecule has 2 N–H and O–H groups in total. The molecule has 0 bridgehead atoms. The molecule has 9 nitrogen and oxygen atoms in total. The second kappa shape index (κ2) is 11.2. The van der Waals surface area contributed by atoms with Crippen LogP contribution in [0, 0.1) is 11.8 Å². The summed E-state index contributed by atoms with van der Waals surface area (Å²) in [6, 6.07) is 5.73. The number of fused-ring (bicyclic) bond motifs is 1. The van der Waals surface area contributed by atoms with Crippen molar-refractivity contribution in [2.24, 2.45) is 11.8 Å². The Labute approximate surface area is 201 Å². The Morgan fingerprint density at radius 3 is 2.50 bits per heavy atom. The minimum atomic E-state index is -0.644. The van der Waals surface area contributed by atoms with Crippen LogP contribution in [0.3, 0.4) is 0 Å². The zero-order valence-corrected chi connectivity index (χ0v) is 20.5. The fourth-order valence-electron chi connectivity index (χ4n) is 4.90. The molecule has 186 valence electrons. The first kappa shape index (κ1) is 24.5. The van der Waals surface area contributed by atoms with E-state index in [1.165, 1.54) is 7.11 Å². The van der Waals surface area contributed by atoms with E-state index >= 15 is 0 Å². The van der Waals surface area contributed by atoms with E-state index in [0.717, 1.165) is 75.3 Å². The lowest BCUT2D eigenvalue weighted by Gasteiger charge is -2.37. The van der Waals surface area contributed by atoms with Gasteiger partial charge in [-0.15, -0.1) is 5.06 Å². The number of ether oxygens (including phenoxy) is 1. The predicted octanol–water partition coefficient (Wildman–Crippen LogP) is 3.54. The zero-order valence-electron chi connectivity index (χ0n) is 20.5. The quantitative estimate of drug-likeness (QED) is 0.596. The van der Waals surface area contributed by atoms with Crippen molar-refractivity contribution in [1.82, 2.24) is 25.2 Å². The summed E-state index contributed by atoms with van der Waals surface area (Å²) >= 11 is 0. The topological polar surface area (TPSA) is 99.8 Å². The number of amides is 1.